The van der Waals surface area contributed by atoms with Crippen LogP contribution in [-0.4, -0.2) is 23.4 Å². The molecule has 1 spiro atoms. The quantitative estimate of drug-likeness (QED) is 0.682. The molecular weight excluding hydrogens is 222 g/mol. The van der Waals surface area contributed by atoms with Crippen molar-refractivity contribution in [2.45, 2.75) is 65.8 Å². The van der Waals surface area contributed by atoms with Crippen molar-refractivity contribution in [3.8, 4) is 0 Å². The molecule has 1 unspecified atom stereocenters. The smallest absolute Gasteiger partial charge is 0.229 e. The summed E-state index contributed by atoms with van der Waals surface area (Å²) < 4.78 is 0. The first kappa shape index (κ1) is 13.6. The van der Waals surface area contributed by atoms with Gasteiger partial charge in [-0.15, -0.1) is 0 Å². The highest BCUT2D eigenvalue weighted by Gasteiger charge is 2.46. The van der Waals surface area contributed by atoms with E-state index in [1.807, 2.05) is 0 Å². The van der Waals surface area contributed by atoms with Crippen LogP contribution in [-0.2, 0) is 4.79 Å². The molecule has 1 heterocycles. The largest absolute Gasteiger partial charge is 0.340 e. The van der Waals surface area contributed by atoms with Gasteiger partial charge in [0.2, 0.25) is 5.91 Å². The Morgan fingerprint density at radius 1 is 1.17 bits per heavy atom. The number of nitrogens with zero attached hydrogens (tertiary/aromatic N) is 1. The Morgan fingerprint density at radius 3 is 2.44 bits per heavy atom. The summed E-state index contributed by atoms with van der Waals surface area (Å²) in [5.74, 6) is 1.06. The van der Waals surface area contributed by atoms with E-state index in [4.69, 9.17) is 0 Å². The molecular formula is C16H27NO. The monoisotopic (exact) mass is 249 g/mol. The number of amides is 1. The van der Waals surface area contributed by atoms with Crippen LogP contribution >= 0.6 is 0 Å². The molecule has 0 aromatic heterocycles. The minimum absolute atomic E-state index is 0.0303. The standard InChI is InChI=1S/C16H27NO/c1-12(2)14-6-5-8-16(9-7-14)10-11-17(13(3)4)15(16)18/h6,12-13H,5,7-11H2,1-4H3. The van der Waals surface area contributed by atoms with Crippen molar-refractivity contribution in [3.05, 3.63) is 11.6 Å². The molecule has 18 heavy (non-hydrogen) atoms. The molecule has 0 aromatic carbocycles. The average molecular weight is 249 g/mol. The van der Waals surface area contributed by atoms with E-state index in [0.29, 0.717) is 17.9 Å². The molecule has 0 N–H and O–H groups in total. The van der Waals surface area contributed by atoms with E-state index in [-0.39, 0.29) is 5.41 Å². The minimum Gasteiger partial charge on any atom is -0.340 e. The van der Waals surface area contributed by atoms with Crippen LogP contribution in [0.2, 0.25) is 0 Å². The number of carbonyl (C=O) groups excluding carboxylic acids is 1. The fourth-order valence-electron chi connectivity index (χ4n) is 3.47. The van der Waals surface area contributed by atoms with Crippen LogP contribution in [0.5, 0.6) is 0 Å². The average Bonchev–Trinajstić information content (AvgIpc) is 2.49. The highest BCUT2D eigenvalue weighted by atomic mass is 16.2. The molecule has 1 atom stereocenters. The summed E-state index contributed by atoms with van der Waals surface area (Å²) in [6, 6.07) is 0.359. The molecule has 1 aliphatic carbocycles. The zero-order chi connectivity index (χ0) is 13.3. The first-order chi connectivity index (χ1) is 8.46. The van der Waals surface area contributed by atoms with Gasteiger partial charge in [0.15, 0.2) is 0 Å². The lowest BCUT2D eigenvalue weighted by atomic mass is 9.78. The highest BCUT2D eigenvalue weighted by Crippen LogP contribution is 2.44. The van der Waals surface area contributed by atoms with Crippen molar-refractivity contribution in [1.82, 2.24) is 4.90 Å². The Labute approximate surface area is 111 Å². The number of hydrogen-bond acceptors (Lipinski definition) is 1. The van der Waals surface area contributed by atoms with Crippen LogP contribution < -0.4 is 0 Å². The number of allylic oxidation sites excluding steroid dienone is 2. The number of carbonyl (C=O) groups is 1. The molecule has 1 amide bonds. The van der Waals surface area contributed by atoms with E-state index < -0.39 is 0 Å². The van der Waals surface area contributed by atoms with Crippen molar-refractivity contribution >= 4 is 5.91 Å². The van der Waals surface area contributed by atoms with Gasteiger partial charge < -0.3 is 4.90 Å². The fraction of sp³-hybridized carbons (Fsp3) is 0.812. The van der Waals surface area contributed by atoms with Crippen LogP contribution in [0.15, 0.2) is 11.6 Å². The zero-order valence-corrected chi connectivity index (χ0v) is 12.3. The molecule has 0 bridgehead atoms. The molecule has 1 fully saturated rings. The number of likely N-dealkylation sites (tertiary alicyclic amines) is 1. The van der Waals surface area contributed by atoms with Gasteiger partial charge >= 0.3 is 0 Å². The van der Waals surface area contributed by atoms with Crippen molar-refractivity contribution in [2.24, 2.45) is 11.3 Å². The Bertz CT molecular complexity index is 356. The van der Waals surface area contributed by atoms with Crippen molar-refractivity contribution in [3.63, 3.8) is 0 Å². The van der Waals surface area contributed by atoms with Gasteiger partial charge in [-0.1, -0.05) is 25.5 Å². The SMILES string of the molecule is CC(C)C1=CCCC2(CC1)CCN(C(C)C)C2=O. The molecule has 2 nitrogen and oxygen atoms in total. The molecule has 0 saturated carbocycles. The van der Waals surface area contributed by atoms with Gasteiger partial charge in [-0.3, -0.25) is 4.79 Å². The molecule has 1 saturated heterocycles. The predicted molar refractivity (Wildman–Crippen MR) is 75.3 cm³/mol. The summed E-state index contributed by atoms with van der Waals surface area (Å²) >= 11 is 0. The molecule has 0 aromatic rings. The Balaban J connectivity index is 2.10. The second-order valence-corrected chi connectivity index (χ2v) is 6.60. The summed E-state index contributed by atoms with van der Waals surface area (Å²) in [4.78, 5) is 14.7. The van der Waals surface area contributed by atoms with Gasteiger partial charge in [-0.2, -0.15) is 0 Å². The molecule has 2 rings (SSSR count). The van der Waals surface area contributed by atoms with Gasteiger partial charge in [0.1, 0.15) is 0 Å². The first-order valence-corrected chi connectivity index (χ1v) is 7.46. The van der Waals surface area contributed by atoms with Crippen LogP contribution in [0.25, 0.3) is 0 Å². The van der Waals surface area contributed by atoms with Gasteiger partial charge in [0.25, 0.3) is 0 Å². The van der Waals surface area contributed by atoms with Crippen LogP contribution in [0.4, 0.5) is 0 Å². The number of rotatable bonds is 2. The summed E-state index contributed by atoms with van der Waals surface area (Å²) in [6.07, 6.45) is 7.80. The molecule has 1 aliphatic heterocycles. The van der Waals surface area contributed by atoms with E-state index >= 15 is 0 Å². The Hall–Kier alpha value is -0.790. The van der Waals surface area contributed by atoms with Crippen LogP contribution in [0.3, 0.4) is 0 Å². The van der Waals surface area contributed by atoms with Gasteiger partial charge in [0.05, 0.1) is 5.41 Å². The zero-order valence-electron chi connectivity index (χ0n) is 12.3. The fourth-order valence-corrected chi connectivity index (χ4v) is 3.47. The molecule has 102 valence electrons. The maximum absolute atomic E-state index is 12.7. The van der Waals surface area contributed by atoms with Crippen LogP contribution in [0, 0.1) is 11.3 Å². The summed E-state index contributed by atoms with van der Waals surface area (Å²) in [5, 5.41) is 0. The van der Waals surface area contributed by atoms with E-state index in [9.17, 15) is 4.79 Å². The lowest BCUT2D eigenvalue weighted by Crippen LogP contribution is -2.38. The van der Waals surface area contributed by atoms with Crippen molar-refractivity contribution in [2.75, 3.05) is 6.54 Å². The van der Waals surface area contributed by atoms with Gasteiger partial charge in [-0.25, -0.2) is 0 Å². The van der Waals surface area contributed by atoms with Gasteiger partial charge in [0, 0.05) is 12.6 Å². The maximum atomic E-state index is 12.7. The summed E-state index contributed by atoms with van der Waals surface area (Å²) in [6.45, 7) is 9.76. The normalized spacial score (nSPS) is 29.3. The molecule has 2 aliphatic rings. The maximum Gasteiger partial charge on any atom is 0.229 e. The topological polar surface area (TPSA) is 20.3 Å². The molecule has 2 heteroatoms. The second-order valence-electron chi connectivity index (χ2n) is 6.60. The van der Waals surface area contributed by atoms with Crippen molar-refractivity contribution < 1.29 is 4.79 Å². The summed E-state index contributed by atoms with van der Waals surface area (Å²) in [7, 11) is 0. The first-order valence-electron chi connectivity index (χ1n) is 7.46. The third-order valence-electron chi connectivity index (χ3n) is 4.83. The van der Waals surface area contributed by atoms with E-state index in [1.54, 1.807) is 5.57 Å². The predicted octanol–water partition coefficient (Wildman–Crippen LogP) is 3.77. The second kappa shape index (κ2) is 5.07. The van der Waals surface area contributed by atoms with Crippen molar-refractivity contribution in [1.29, 1.82) is 0 Å². The van der Waals surface area contributed by atoms with E-state index in [0.717, 1.165) is 38.6 Å². The highest BCUT2D eigenvalue weighted by molar-refractivity contribution is 5.85. The third kappa shape index (κ3) is 2.34. The molecule has 0 radical (unpaired) electrons. The summed E-state index contributed by atoms with van der Waals surface area (Å²) in [5.41, 5.74) is 1.53. The third-order valence-corrected chi connectivity index (χ3v) is 4.83. The van der Waals surface area contributed by atoms with E-state index in [2.05, 4.69) is 38.7 Å². The Morgan fingerprint density at radius 2 is 1.89 bits per heavy atom. The van der Waals surface area contributed by atoms with Gasteiger partial charge in [-0.05, 0) is 51.9 Å². The van der Waals surface area contributed by atoms with Crippen LogP contribution in [0.1, 0.15) is 59.8 Å². The lowest BCUT2D eigenvalue weighted by molar-refractivity contribution is -0.138. The number of hydrogen-bond donors (Lipinski definition) is 0. The Kier molecular flexibility index (Phi) is 3.84. The van der Waals surface area contributed by atoms with E-state index in [1.165, 1.54) is 0 Å². The lowest BCUT2D eigenvalue weighted by Gasteiger charge is -2.28. The minimum atomic E-state index is -0.0303.